The molecule has 2 heteroatoms. The molecule has 1 aliphatic rings. The van der Waals surface area contributed by atoms with Crippen molar-refractivity contribution in [2.75, 3.05) is 25.4 Å². The zero-order valence-electron chi connectivity index (χ0n) is 14.2. The fraction of sp³-hybridized carbons (Fsp3) is 0.364. The number of hydrogen-bond acceptors (Lipinski definition) is 2. The predicted octanol–water partition coefficient (Wildman–Crippen LogP) is 3.97. The van der Waals surface area contributed by atoms with E-state index < -0.39 is 0 Å². The zero-order valence-corrected chi connectivity index (χ0v) is 14.2. The minimum absolute atomic E-state index is 0.780. The molecule has 0 amide bonds. The SMILES string of the molecule is Nc1cccc(C#CCCN2CCC(Cc3ccccc3)CC2)c1. The van der Waals surface area contributed by atoms with Gasteiger partial charge >= 0.3 is 0 Å². The van der Waals surface area contributed by atoms with E-state index in [1.807, 2.05) is 24.3 Å². The van der Waals surface area contributed by atoms with Gasteiger partial charge < -0.3 is 10.6 Å². The molecule has 2 aromatic carbocycles. The Balaban J connectivity index is 1.38. The molecule has 0 radical (unpaired) electrons. The van der Waals surface area contributed by atoms with E-state index in [1.165, 1.54) is 37.9 Å². The lowest BCUT2D eigenvalue weighted by atomic mass is 9.90. The Bertz CT molecular complexity index is 689. The number of rotatable bonds is 4. The van der Waals surface area contributed by atoms with E-state index in [0.717, 1.165) is 30.1 Å². The van der Waals surface area contributed by atoms with Gasteiger partial charge in [0.15, 0.2) is 0 Å². The van der Waals surface area contributed by atoms with Crippen LogP contribution < -0.4 is 5.73 Å². The second-order valence-electron chi connectivity index (χ2n) is 6.65. The first-order chi connectivity index (χ1) is 11.8. The highest BCUT2D eigenvalue weighted by Crippen LogP contribution is 2.21. The molecule has 1 saturated heterocycles. The number of nitrogens with two attached hydrogens (primary N) is 1. The van der Waals surface area contributed by atoms with Crippen LogP contribution in [0.4, 0.5) is 5.69 Å². The maximum Gasteiger partial charge on any atom is 0.0326 e. The third-order valence-corrected chi connectivity index (χ3v) is 4.75. The molecule has 24 heavy (non-hydrogen) atoms. The van der Waals surface area contributed by atoms with Gasteiger partial charge in [-0.25, -0.2) is 0 Å². The number of benzene rings is 2. The summed E-state index contributed by atoms with van der Waals surface area (Å²) in [6, 6.07) is 18.7. The van der Waals surface area contributed by atoms with Gasteiger partial charge in [0.25, 0.3) is 0 Å². The van der Waals surface area contributed by atoms with E-state index in [2.05, 4.69) is 47.1 Å². The summed E-state index contributed by atoms with van der Waals surface area (Å²) >= 11 is 0. The molecular weight excluding hydrogens is 292 g/mol. The van der Waals surface area contributed by atoms with Gasteiger partial charge in [-0.05, 0) is 62.0 Å². The summed E-state index contributed by atoms with van der Waals surface area (Å²) < 4.78 is 0. The van der Waals surface area contributed by atoms with Gasteiger partial charge in [-0.2, -0.15) is 0 Å². The van der Waals surface area contributed by atoms with Crippen LogP contribution in [0, 0.1) is 17.8 Å². The van der Waals surface area contributed by atoms with Crippen LogP contribution in [0.3, 0.4) is 0 Å². The van der Waals surface area contributed by atoms with Crippen molar-refractivity contribution in [2.24, 2.45) is 5.92 Å². The molecule has 2 aromatic rings. The number of piperidine rings is 1. The van der Waals surface area contributed by atoms with Gasteiger partial charge in [0.2, 0.25) is 0 Å². The highest BCUT2D eigenvalue weighted by Gasteiger charge is 2.18. The van der Waals surface area contributed by atoms with Gasteiger partial charge in [0.1, 0.15) is 0 Å². The first-order valence-corrected chi connectivity index (χ1v) is 8.90. The molecule has 3 rings (SSSR count). The summed E-state index contributed by atoms with van der Waals surface area (Å²) in [5.41, 5.74) is 9.04. The first-order valence-electron chi connectivity index (χ1n) is 8.90. The van der Waals surface area contributed by atoms with Crippen molar-refractivity contribution in [3.05, 3.63) is 65.7 Å². The van der Waals surface area contributed by atoms with Crippen molar-refractivity contribution in [3.63, 3.8) is 0 Å². The molecule has 2 N–H and O–H groups in total. The van der Waals surface area contributed by atoms with Crippen LogP contribution in [-0.2, 0) is 6.42 Å². The lowest BCUT2D eigenvalue weighted by Crippen LogP contribution is -2.34. The molecule has 0 atom stereocenters. The van der Waals surface area contributed by atoms with Crippen LogP contribution in [0.2, 0.25) is 0 Å². The summed E-state index contributed by atoms with van der Waals surface area (Å²) in [5.74, 6) is 7.33. The maximum absolute atomic E-state index is 5.77. The molecule has 0 spiro atoms. The molecule has 0 aliphatic carbocycles. The standard InChI is InChI=1S/C22H26N2/c23-22-11-6-10-20(18-22)9-4-5-14-24-15-12-21(13-16-24)17-19-7-2-1-3-8-19/h1-3,6-8,10-11,18,21H,5,12-17,23H2. The Morgan fingerprint density at radius 1 is 1.00 bits per heavy atom. The molecule has 0 saturated carbocycles. The van der Waals surface area contributed by atoms with E-state index in [1.54, 1.807) is 0 Å². The topological polar surface area (TPSA) is 29.3 Å². The third-order valence-electron chi connectivity index (χ3n) is 4.75. The first kappa shape index (κ1) is 16.6. The summed E-state index contributed by atoms with van der Waals surface area (Å²) in [4.78, 5) is 2.55. The second kappa shape index (κ2) is 8.57. The molecule has 1 aliphatic heterocycles. The third kappa shape index (κ3) is 5.15. The molecule has 0 unspecified atom stereocenters. The number of likely N-dealkylation sites (tertiary alicyclic amines) is 1. The smallest absolute Gasteiger partial charge is 0.0326 e. The van der Waals surface area contributed by atoms with Gasteiger partial charge in [0.05, 0.1) is 0 Å². The number of anilines is 1. The minimum Gasteiger partial charge on any atom is -0.399 e. The van der Waals surface area contributed by atoms with Crippen LogP contribution in [0.5, 0.6) is 0 Å². The molecule has 0 bridgehead atoms. The van der Waals surface area contributed by atoms with Crippen molar-refractivity contribution in [1.82, 2.24) is 4.90 Å². The van der Waals surface area contributed by atoms with E-state index in [4.69, 9.17) is 5.73 Å². The largest absolute Gasteiger partial charge is 0.399 e. The zero-order chi connectivity index (χ0) is 16.6. The lowest BCUT2D eigenvalue weighted by Gasteiger charge is -2.31. The molecule has 1 heterocycles. The van der Waals surface area contributed by atoms with Crippen LogP contribution in [-0.4, -0.2) is 24.5 Å². The quantitative estimate of drug-likeness (QED) is 0.683. The van der Waals surface area contributed by atoms with Gasteiger partial charge in [-0.3, -0.25) is 0 Å². The maximum atomic E-state index is 5.77. The Morgan fingerprint density at radius 2 is 1.79 bits per heavy atom. The normalized spacial score (nSPS) is 15.7. The van der Waals surface area contributed by atoms with Crippen molar-refractivity contribution in [2.45, 2.75) is 25.7 Å². The summed E-state index contributed by atoms with van der Waals surface area (Å²) in [6.45, 7) is 3.49. The number of nitrogens with zero attached hydrogens (tertiary/aromatic N) is 1. The molecule has 1 fully saturated rings. The van der Waals surface area contributed by atoms with Crippen molar-refractivity contribution in [3.8, 4) is 11.8 Å². The molecule has 0 aromatic heterocycles. The van der Waals surface area contributed by atoms with E-state index in [-0.39, 0.29) is 0 Å². The minimum atomic E-state index is 0.780. The van der Waals surface area contributed by atoms with Crippen LogP contribution in [0.15, 0.2) is 54.6 Å². The van der Waals surface area contributed by atoms with E-state index in [0.29, 0.717) is 0 Å². The molecular formula is C22H26N2. The van der Waals surface area contributed by atoms with Crippen LogP contribution >= 0.6 is 0 Å². The van der Waals surface area contributed by atoms with Crippen LogP contribution in [0.1, 0.15) is 30.4 Å². The molecule has 124 valence electrons. The number of nitrogen functional groups attached to an aromatic ring is 1. The highest BCUT2D eigenvalue weighted by molar-refractivity contribution is 5.46. The van der Waals surface area contributed by atoms with Crippen molar-refractivity contribution in [1.29, 1.82) is 0 Å². The monoisotopic (exact) mass is 318 g/mol. The fourth-order valence-corrected chi connectivity index (χ4v) is 3.36. The Labute approximate surface area is 145 Å². The summed E-state index contributed by atoms with van der Waals surface area (Å²) in [6.07, 6.45) is 4.76. The fourth-order valence-electron chi connectivity index (χ4n) is 3.36. The van der Waals surface area contributed by atoms with Gasteiger partial charge in [-0.1, -0.05) is 48.2 Å². The van der Waals surface area contributed by atoms with Crippen LogP contribution in [0.25, 0.3) is 0 Å². The lowest BCUT2D eigenvalue weighted by molar-refractivity contribution is 0.187. The summed E-state index contributed by atoms with van der Waals surface area (Å²) in [7, 11) is 0. The predicted molar refractivity (Wildman–Crippen MR) is 102 cm³/mol. The Morgan fingerprint density at radius 3 is 2.54 bits per heavy atom. The number of hydrogen-bond donors (Lipinski definition) is 1. The van der Waals surface area contributed by atoms with Gasteiger partial charge in [-0.15, -0.1) is 0 Å². The summed E-state index contributed by atoms with van der Waals surface area (Å²) in [5, 5.41) is 0. The van der Waals surface area contributed by atoms with E-state index in [9.17, 15) is 0 Å². The average Bonchev–Trinajstić information content (AvgIpc) is 2.61. The second-order valence-corrected chi connectivity index (χ2v) is 6.65. The average molecular weight is 318 g/mol. The molecule has 2 nitrogen and oxygen atoms in total. The highest BCUT2D eigenvalue weighted by atomic mass is 15.1. The van der Waals surface area contributed by atoms with Crippen molar-refractivity contribution < 1.29 is 0 Å². The van der Waals surface area contributed by atoms with Gasteiger partial charge in [0, 0.05) is 24.2 Å². The van der Waals surface area contributed by atoms with E-state index >= 15 is 0 Å². The van der Waals surface area contributed by atoms with Crippen molar-refractivity contribution >= 4 is 5.69 Å². The Hall–Kier alpha value is -2.24. The Kier molecular flexibility index (Phi) is 5.93.